The molecular weight excluding hydrogens is 248 g/mol. The van der Waals surface area contributed by atoms with E-state index in [-0.39, 0.29) is 5.91 Å². The lowest BCUT2D eigenvalue weighted by atomic mass is 10.1. The lowest BCUT2D eigenvalue weighted by Gasteiger charge is -2.15. The highest BCUT2D eigenvalue weighted by molar-refractivity contribution is 5.99. The number of benzene rings is 2. The van der Waals surface area contributed by atoms with Gasteiger partial charge in [0.15, 0.2) is 0 Å². The number of rotatable bonds is 4. The summed E-state index contributed by atoms with van der Waals surface area (Å²) >= 11 is 0. The number of nitrogens with one attached hydrogen (secondary N) is 1. The van der Waals surface area contributed by atoms with E-state index in [0.717, 1.165) is 5.69 Å². The average molecular weight is 268 g/mol. The molecule has 0 fully saturated rings. The van der Waals surface area contributed by atoms with Crippen molar-refractivity contribution in [2.24, 2.45) is 0 Å². The van der Waals surface area contributed by atoms with Gasteiger partial charge in [0, 0.05) is 26.3 Å². The summed E-state index contributed by atoms with van der Waals surface area (Å²) in [6.45, 7) is 2.78. The first kappa shape index (κ1) is 14.1. The molecule has 0 aliphatic carbocycles. The van der Waals surface area contributed by atoms with Crippen molar-refractivity contribution in [3.8, 4) is 0 Å². The lowest BCUT2D eigenvalue weighted by Crippen LogP contribution is -2.22. The van der Waals surface area contributed by atoms with Crippen LogP contribution in [-0.4, -0.2) is 24.9 Å². The predicted octanol–water partition coefficient (Wildman–Crippen LogP) is 3.31. The molecule has 0 atom stereocenters. The molecule has 3 heteroatoms. The van der Waals surface area contributed by atoms with Crippen LogP contribution in [0.4, 0.5) is 5.69 Å². The highest BCUT2D eigenvalue weighted by Crippen LogP contribution is 2.17. The second kappa shape index (κ2) is 6.24. The molecule has 0 aliphatic rings. The van der Waals surface area contributed by atoms with Crippen LogP contribution in [0.5, 0.6) is 0 Å². The molecule has 3 nitrogen and oxygen atoms in total. The van der Waals surface area contributed by atoms with E-state index >= 15 is 0 Å². The number of hydrogen-bond donors (Lipinski definition) is 1. The largest absolute Gasteiger partial charge is 0.380 e. The Labute approximate surface area is 120 Å². The van der Waals surface area contributed by atoms with Crippen LogP contribution in [0.25, 0.3) is 0 Å². The molecule has 0 unspecified atom stereocenters. The van der Waals surface area contributed by atoms with Crippen LogP contribution in [0.15, 0.2) is 48.5 Å². The Morgan fingerprint density at radius 2 is 1.70 bits per heavy atom. The minimum absolute atomic E-state index is 0.0111. The zero-order valence-corrected chi connectivity index (χ0v) is 12.2. The number of amides is 1. The average Bonchev–Trinajstić information content (AvgIpc) is 2.46. The van der Waals surface area contributed by atoms with Crippen LogP contribution < -0.4 is 5.32 Å². The molecule has 0 spiro atoms. The first-order chi connectivity index (χ1) is 9.58. The number of para-hydroxylation sites is 1. The van der Waals surface area contributed by atoms with Crippen molar-refractivity contribution in [2.45, 2.75) is 13.5 Å². The van der Waals surface area contributed by atoms with Gasteiger partial charge in [-0.1, -0.05) is 42.0 Å². The van der Waals surface area contributed by atoms with E-state index in [1.165, 1.54) is 11.1 Å². The highest BCUT2D eigenvalue weighted by Gasteiger charge is 2.12. The van der Waals surface area contributed by atoms with Gasteiger partial charge >= 0.3 is 0 Å². The molecule has 0 aromatic heterocycles. The van der Waals surface area contributed by atoms with Crippen molar-refractivity contribution in [3.05, 3.63) is 65.2 Å². The molecule has 0 bridgehead atoms. The van der Waals surface area contributed by atoms with Crippen LogP contribution in [0.1, 0.15) is 21.5 Å². The first-order valence-electron chi connectivity index (χ1n) is 6.68. The Bertz CT molecular complexity index is 588. The quantitative estimate of drug-likeness (QED) is 0.922. The van der Waals surface area contributed by atoms with Crippen molar-refractivity contribution < 1.29 is 4.79 Å². The molecule has 20 heavy (non-hydrogen) atoms. The van der Waals surface area contributed by atoms with Crippen LogP contribution in [0.3, 0.4) is 0 Å². The van der Waals surface area contributed by atoms with Crippen molar-refractivity contribution >= 4 is 11.6 Å². The van der Waals surface area contributed by atoms with Gasteiger partial charge in [0.2, 0.25) is 0 Å². The standard InChI is InChI=1S/C17H20N2O/c1-13-8-10-14(11-9-13)12-18-16-7-5-4-6-15(16)17(20)19(2)3/h4-11,18H,12H2,1-3H3. The Kier molecular flexibility index (Phi) is 4.41. The normalized spacial score (nSPS) is 10.2. The maximum atomic E-state index is 12.1. The Balaban J connectivity index is 2.13. The van der Waals surface area contributed by atoms with Crippen LogP contribution >= 0.6 is 0 Å². The first-order valence-corrected chi connectivity index (χ1v) is 6.68. The molecule has 1 N–H and O–H groups in total. The zero-order valence-electron chi connectivity index (χ0n) is 12.2. The fourth-order valence-electron chi connectivity index (χ4n) is 1.97. The summed E-state index contributed by atoms with van der Waals surface area (Å²) in [7, 11) is 3.53. The van der Waals surface area contributed by atoms with E-state index < -0.39 is 0 Å². The number of anilines is 1. The number of carbonyl (C=O) groups is 1. The molecule has 1 amide bonds. The Hall–Kier alpha value is -2.29. The van der Waals surface area contributed by atoms with Gasteiger partial charge in [-0.2, -0.15) is 0 Å². The lowest BCUT2D eigenvalue weighted by molar-refractivity contribution is 0.0828. The van der Waals surface area contributed by atoms with E-state index in [2.05, 4.69) is 36.5 Å². The third kappa shape index (κ3) is 3.38. The van der Waals surface area contributed by atoms with Crippen molar-refractivity contribution in [3.63, 3.8) is 0 Å². The fourth-order valence-corrected chi connectivity index (χ4v) is 1.97. The second-order valence-electron chi connectivity index (χ2n) is 5.08. The molecule has 0 saturated heterocycles. The smallest absolute Gasteiger partial charge is 0.255 e. The molecule has 0 radical (unpaired) electrons. The number of nitrogens with zero attached hydrogens (tertiary/aromatic N) is 1. The molecule has 0 saturated carbocycles. The van der Waals surface area contributed by atoms with Gasteiger partial charge in [-0.15, -0.1) is 0 Å². The number of hydrogen-bond acceptors (Lipinski definition) is 2. The number of aryl methyl sites for hydroxylation is 1. The van der Waals surface area contributed by atoms with E-state index in [9.17, 15) is 4.79 Å². The predicted molar refractivity (Wildman–Crippen MR) is 83.0 cm³/mol. The van der Waals surface area contributed by atoms with Gasteiger partial charge in [0.1, 0.15) is 0 Å². The zero-order chi connectivity index (χ0) is 14.5. The molecule has 2 aromatic rings. The van der Waals surface area contributed by atoms with Crippen molar-refractivity contribution in [2.75, 3.05) is 19.4 Å². The number of carbonyl (C=O) groups excluding carboxylic acids is 1. The van der Waals surface area contributed by atoms with Crippen LogP contribution in [0, 0.1) is 6.92 Å². The van der Waals surface area contributed by atoms with Gasteiger partial charge in [0.05, 0.1) is 5.56 Å². The van der Waals surface area contributed by atoms with Crippen molar-refractivity contribution in [1.29, 1.82) is 0 Å². The fraction of sp³-hybridized carbons (Fsp3) is 0.235. The molecule has 0 heterocycles. The third-order valence-corrected chi connectivity index (χ3v) is 3.17. The highest BCUT2D eigenvalue weighted by atomic mass is 16.2. The van der Waals surface area contributed by atoms with Gasteiger partial charge in [-0.3, -0.25) is 4.79 Å². The summed E-state index contributed by atoms with van der Waals surface area (Å²) in [5.41, 5.74) is 4.01. The van der Waals surface area contributed by atoms with Gasteiger partial charge in [-0.05, 0) is 24.6 Å². The van der Waals surface area contributed by atoms with Crippen molar-refractivity contribution in [1.82, 2.24) is 4.90 Å². The topological polar surface area (TPSA) is 32.3 Å². The van der Waals surface area contributed by atoms with Crippen LogP contribution in [-0.2, 0) is 6.54 Å². The monoisotopic (exact) mass is 268 g/mol. The third-order valence-electron chi connectivity index (χ3n) is 3.17. The maximum Gasteiger partial charge on any atom is 0.255 e. The minimum atomic E-state index is 0.0111. The van der Waals surface area contributed by atoms with Gasteiger partial charge in [0.25, 0.3) is 5.91 Å². The Morgan fingerprint density at radius 3 is 2.35 bits per heavy atom. The van der Waals surface area contributed by atoms with E-state index in [1.54, 1.807) is 19.0 Å². The Morgan fingerprint density at radius 1 is 1.05 bits per heavy atom. The summed E-state index contributed by atoms with van der Waals surface area (Å²) in [5, 5.41) is 3.34. The molecule has 104 valence electrons. The van der Waals surface area contributed by atoms with Crippen LogP contribution in [0.2, 0.25) is 0 Å². The second-order valence-corrected chi connectivity index (χ2v) is 5.08. The summed E-state index contributed by atoms with van der Waals surface area (Å²) < 4.78 is 0. The molecule has 2 aromatic carbocycles. The summed E-state index contributed by atoms with van der Waals surface area (Å²) in [5.74, 6) is 0.0111. The van der Waals surface area contributed by atoms with E-state index in [0.29, 0.717) is 12.1 Å². The van der Waals surface area contributed by atoms with Gasteiger partial charge in [-0.25, -0.2) is 0 Å². The summed E-state index contributed by atoms with van der Waals surface area (Å²) in [6.07, 6.45) is 0. The minimum Gasteiger partial charge on any atom is -0.380 e. The molecular formula is C17H20N2O. The maximum absolute atomic E-state index is 12.1. The molecule has 2 rings (SSSR count). The SMILES string of the molecule is Cc1ccc(CNc2ccccc2C(=O)N(C)C)cc1. The van der Waals surface area contributed by atoms with E-state index in [1.807, 2.05) is 24.3 Å². The summed E-state index contributed by atoms with van der Waals surface area (Å²) in [6, 6.07) is 16.0. The van der Waals surface area contributed by atoms with Gasteiger partial charge < -0.3 is 10.2 Å². The van der Waals surface area contributed by atoms with E-state index in [4.69, 9.17) is 0 Å². The molecule has 0 aliphatic heterocycles. The summed E-state index contributed by atoms with van der Waals surface area (Å²) in [4.78, 5) is 13.7.